The minimum Gasteiger partial charge on any atom is -0.354 e. The van der Waals surface area contributed by atoms with Crippen molar-refractivity contribution >= 4 is 17.5 Å². The fourth-order valence-electron chi connectivity index (χ4n) is 2.43. The molecule has 8 heteroatoms. The van der Waals surface area contributed by atoms with Gasteiger partial charge in [-0.15, -0.1) is 0 Å². The summed E-state index contributed by atoms with van der Waals surface area (Å²) in [5.41, 5.74) is -0.523. The van der Waals surface area contributed by atoms with Crippen LogP contribution in [0.5, 0.6) is 0 Å². The number of nitrogens with zero attached hydrogens (tertiary/aromatic N) is 1. The maximum absolute atomic E-state index is 12.6. The van der Waals surface area contributed by atoms with Gasteiger partial charge >= 0.3 is 6.18 Å². The van der Waals surface area contributed by atoms with E-state index in [9.17, 15) is 18.0 Å². The summed E-state index contributed by atoms with van der Waals surface area (Å²) in [6.45, 7) is 0.553. The van der Waals surface area contributed by atoms with Crippen LogP contribution in [-0.2, 0) is 6.18 Å². The van der Waals surface area contributed by atoms with Crippen molar-refractivity contribution < 1.29 is 22.5 Å². The Bertz CT molecular complexity index is 737. The lowest BCUT2D eigenvalue weighted by atomic mass is 9.85. The molecule has 1 aromatic carbocycles. The van der Waals surface area contributed by atoms with Gasteiger partial charge in [-0.2, -0.15) is 13.2 Å². The lowest BCUT2D eigenvalue weighted by Gasteiger charge is -2.25. The van der Waals surface area contributed by atoms with Gasteiger partial charge in [0.25, 0.3) is 5.91 Å². The van der Waals surface area contributed by atoms with Gasteiger partial charge in [0.2, 0.25) is 0 Å². The average Bonchev–Trinajstić information content (AvgIpc) is 2.86. The summed E-state index contributed by atoms with van der Waals surface area (Å²) in [6.07, 6.45) is -1.08. The number of aromatic nitrogens is 1. The van der Waals surface area contributed by atoms with Crippen LogP contribution in [0.4, 0.5) is 13.2 Å². The third-order valence-corrected chi connectivity index (χ3v) is 4.45. The van der Waals surface area contributed by atoms with Gasteiger partial charge in [0, 0.05) is 12.1 Å². The number of carbonyl (C=O) groups excluding carboxylic acids is 1. The molecule has 1 aromatic heterocycles. The van der Waals surface area contributed by atoms with Crippen molar-refractivity contribution in [2.45, 2.75) is 25.4 Å². The normalized spacial score (nSPS) is 15.2. The van der Waals surface area contributed by atoms with Crippen LogP contribution in [0.25, 0.3) is 11.3 Å². The largest absolute Gasteiger partial charge is 0.416 e. The van der Waals surface area contributed by atoms with Crippen LogP contribution >= 0.6 is 11.6 Å². The highest BCUT2D eigenvalue weighted by Gasteiger charge is 2.30. The topological polar surface area (TPSA) is 55.1 Å². The van der Waals surface area contributed by atoms with E-state index in [1.54, 1.807) is 0 Å². The Hall–Kier alpha value is -2.02. The first-order chi connectivity index (χ1) is 11.4. The molecule has 0 atom stereocenters. The number of amides is 1. The van der Waals surface area contributed by atoms with Gasteiger partial charge in [0.05, 0.1) is 5.56 Å². The fraction of sp³-hybridized carbons (Fsp3) is 0.375. The average molecular weight is 359 g/mol. The summed E-state index contributed by atoms with van der Waals surface area (Å²) < 4.78 is 42.8. The Labute approximate surface area is 141 Å². The van der Waals surface area contributed by atoms with Gasteiger partial charge in [0.1, 0.15) is 5.02 Å². The molecule has 1 aliphatic rings. The van der Waals surface area contributed by atoms with Crippen LogP contribution in [0.15, 0.2) is 28.8 Å². The van der Waals surface area contributed by atoms with E-state index in [1.807, 2.05) is 0 Å². The molecule has 0 radical (unpaired) electrons. The van der Waals surface area contributed by atoms with E-state index in [-0.39, 0.29) is 16.5 Å². The highest BCUT2D eigenvalue weighted by molar-refractivity contribution is 6.35. The summed E-state index contributed by atoms with van der Waals surface area (Å²) in [5.74, 6) is 0.0991. The molecular weight excluding hydrogens is 345 g/mol. The van der Waals surface area contributed by atoms with E-state index >= 15 is 0 Å². The summed E-state index contributed by atoms with van der Waals surface area (Å²) >= 11 is 6.11. The molecule has 0 spiro atoms. The standard InChI is InChI=1S/C16H14ClF3N2O2/c17-12-13(15(23)21-8-9-2-1-3-9)22-24-14(12)10-4-6-11(7-5-10)16(18,19)20/h4-7,9H,1-3,8H2,(H,21,23). The highest BCUT2D eigenvalue weighted by Crippen LogP contribution is 2.34. The molecule has 0 aliphatic heterocycles. The lowest BCUT2D eigenvalue weighted by molar-refractivity contribution is -0.137. The van der Waals surface area contributed by atoms with Crippen molar-refractivity contribution in [3.8, 4) is 11.3 Å². The van der Waals surface area contributed by atoms with Crippen LogP contribution in [-0.4, -0.2) is 17.6 Å². The number of nitrogens with one attached hydrogen (secondary N) is 1. The molecule has 0 unspecified atom stereocenters. The third-order valence-electron chi connectivity index (χ3n) is 4.10. The van der Waals surface area contributed by atoms with Crippen molar-refractivity contribution in [2.75, 3.05) is 6.54 Å². The predicted molar refractivity (Wildman–Crippen MR) is 81.6 cm³/mol. The summed E-state index contributed by atoms with van der Waals surface area (Å²) in [7, 11) is 0. The van der Waals surface area contributed by atoms with E-state index in [0.29, 0.717) is 18.0 Å². The molecule has 1 aliphatic carbocycles. The van der Waals surface area contributed by atoms with Crippen LogP contribution < -0.4 is 5.32 Å². The number of rotatable bonds is 4. The molecule has 2 aromatic rings. The second-order valence-corrected chi connectivity index (χ2v) is 6.13. The van der Waals surface area contributed by atoms with Crippen LogP contribution in [0, 0.1) is 5.92 Å². The molecule has 3 rings (SSSR count). The molecule has 0 bridgehead atoms. The first kappa shape index (κ1) is 16.8. The fourth-order valence-corrected chi connectivity index (χ4v) is 2.69. The molecule has 4 nitrogen and oxygen atoms in total. The van der Waals surface area contributed by atoms with Crippen molar-refractivity contribution in [3.63, 3.8) is 0 Å². The maximum Gasteiger partial charge on any atom is 0.416 e. The number of halogens is 4. The molecule has 1 amide bonds. The van der Waals surface area contributed by atoms with Crippen molar-refractivity contribution in [3.05, 3.63) is 40.5 Å². The Morgan fingerprint density at radius 2 is 1.96 bits per heavy atom. The minimum atomic E-state index is -4.42. The van der Waals surface area contributed by atoms with Crippen LogP contribution in [0.1, 0.15) is 35.3 Å². The Kier molecular flexibility index (Phi) is 4.54. The molecule has 24 heavy (non-hydrogen) atoms. The van der Waals surface area contributed by atoms with Gasteiger partial charge in [-0.1, -0.05) is 35.3 Å². The van der Waals surface area contributed by atoms with E-state index in [4.69, 9.17) is 16.1 Å². The zero-order chi connectivity index (χ0) is 17.3. The van der Waals surface area contributed by atoms with Gasteiger partial charge in [-0.3, -0.25) is 4.79 Å². The Balaban J connectivity index is 1.75. The second kappa shape index (κ2) is 6.47. The maximum atomic E-state index is 12.6. The quantitative estimate of drug-likeness (QED) is 0.872. The van der Waals surface area contributed by atoms with Crippen molar-refractivity contribution in [1.29, 1.82) is 0 Å². The van der Waals surface area contributed by atoms with E-state index in [1.165, 1.54) is 18.6 Å². The Morgan fingerprint density at radius 3 is 2.50 bits per heavy atom. The van der Waals surface area contributed by atoms with Crippen LogP contribution in [0.2, 0.25) is 5.02 Å². The molecule has 1 heterocycles. The summed E-state index contributed by atoms with van der Waals surface area (Å²) in [6, 6.07) is 4.30. The van der Waals surface area contributed by atoms with E-state index in [2.05, 4.69) is 10.5 Å². The minimum absolute atomic E-state index is 0.0131. The zero-order valence-electron chi connectivity index (χ0n) is 12.5. The first-order valence-corrected chi connectivity index (χ1v) is 7.85. The van der Waals surface area contributed by atoms with Gasteiger partial charge < -0.3 is 9.84 Å². The molecule has 1 fully saturated rings. The molecule has 0 saturated heterocycles. The smallest absolute Gasteiger partial charge is 0.354 e. The number of benzene rings is 1. The molecular formula is C16H14ClF3N2O2. The zero-order valence-corrected chi connectivity index (χ0v) is 13.2. The first-order valence-electron chi connectivity index (χ1n) is 7.47. The van der Waals surface area contributed by atoms with Crippen LogP contribution in [0.3, 0.4) is 0 Å². The van der Waals surface area contributed by atoms with E-state index < -0.39 is 17.6 Å². The third kappa shape index (κ3) is 3.40. The number of hydrogen-bond donors (Lipinski definition) is 1. The summed E-state index contributed by atoms with van der Waals surface area (Å²) in [4.78, 5) is 12.1. The molecule has 1 saturated carbocycles. The van der Waals surface area contributed by atoms with Gasteiger partial charge in [-0.05, 0) is 30.9 Å². The summed E-state index contributed by atoms with van der Waals surface area (Å²) in [5, 5.41) is 6.37. The predicted octanol–water partition coefficient (Wildman–Crippen LogP) is 4.54. The van der Waals surface area contributed by atoms with Crippen molar-refractivity contribution in [2.24, 2.45) is 5.92 Å². The second-order valence-electron chi connectivity index (χ2n) is 5.76. The number of carbonyl (C=O) groups is 1. The number of hydrogen-bond acceptors (Lipinski definition) is 3. The monoisotopic (exact) mass is 358 g/mol. The number of alkyl halides is 3. The lowest BCUT2D eigenvalue weighted by Crippen LogP contribution is -2.32. The SMILES string of the molecule is O=C(NCC1CCC1)c1noc(-c2ccc(C(F)(F)F)cc2)c1Cl. The molecule has 1 N–H and O–H groups in total. The molecule has 128 valence electrons. The van der Waals surface area contributed by atoms with Gasteiger partial charge in [0.15, 0.2) is 11.5 Å². The highest BCUT2D eigenvalue weighted by atomic mass is 35.5. The Morgan fingerprint density at radius 1 is 1.29 bits per heavy atom. The van der Waals surface area contributed by atoms with Gasteiger partial charge in [-0.25, -0.2) is 0 Å². The van der Waals surface area contributed by atoms with E-state index in [0.717, 1.165) is 25.0 Å². The van der Waals surface area contributed by atoms with Crippen molar-refractivity contribution in [1.82, 2.24) is 10.5 Å².